The van der Waals surface area contributed by atoms with E-state index in [-0.39, 0.29) is 26.1 Å². The van der Waals surface area contributed by atoms with Crippen molar-refractivity contribution in [1.82, 2.24) is 15.5 Å². The number of likely N-dealkylation sites (tertiary alicyclic amines) is 1. The molecule has 3 N–H and O–H groups in total. The van der Waals surface area contributed by atoms with Gasteiger partial charge in [0.1, 0.15) is 0 Å². The fourth-order valence-electron chi connectivity index (χ4n) is 2.27. The van der Waals surface area contributed by atoms with Crippen molar-refractivity contribution in [1.29, 1.82) is 0 Å². The van der Waals surface area contributed by atoms with E-state index in [1.54, 1.807) is 6.26 Å². The molecule has 0 radical (unpaired) electrons. The van der Waals surface area contributed by atoms with Crippen molar-refractivity contribution in [3.63, 3.8) is 0 Å². The smallest absolute Gasteiger partial charge is 0.243 e. The van der Waals surface area contributed by atoms with Gasteiger partial charge >= 0.3 is 0 Å². The standard InChI is InChI=1S/C16H27N3O7S.C2H4/c1-3-25-10-17-5-7-26-15(18-13(22)4-6-20)11(21)9-19-14(23)8-12(27-2)16(19)24;1-2/h12,15,17,20H,3-10H2,1-2H3,(H,18,22);1-2H2. The van der Waals surface area contributed by atoms with E-state index in [0.29, 0.717) is 19.9 Å². The SMILES string of the molecule is C=C.CCOCNCCOC(NC(=O)CCO)C(=O)CN1C(=O)CC(SC)C1=O. The molecule has 0 aromatic rings. The molecule has 1 fully saturated rings. The summed E-state index contributed by atoms with van der Waals surface area (Å²) in [6, 6.07) is 0. The van der Waals surface area contributed by atoms with Crippen LogP contribution in [-0.4, -0.2) is 90.9 Å². The van der Waals surface area contributed by atoms with Crippen LogP contribution in [0.25, 0.3) is 0 Å². The molecule has 0 saturated carbocycles. The average molecular weight is 434 g/mol. The summed E-state index contributed by atoms with van der Waals surface area (Å²) in [5.74, 6) is -2.03. The quantitative estimate of drug-likeness (QED) is 0.140. The number of carbonyl (C=O) groups excluding carboxylic acids is 4. The summed E-state index contributed by atoms with van der Waals surface area (Å²) >= 11 is 1.25. The Labute approximate surface area is 175 Å². The van der Waals surface area contributed by atoms with E-state index in [2.05, 4.69) is 23.8 Å². The average Bonchev–Trinajstić information content (AvgIpc) is 2.98. The Hall–Kier alpha value is -1.79. The minimum atomic E-state index is -1.31. The fourth-order valence-corrected chi connectivity index (χ4v) is 2.91. The number of ether oxygens (including phenoxy) is 2. The van der Waals surface area contributed by atoms with Crippen molar-refractivity contribution in [2.75, 3.05) is 45.9 Å². The Kier molecular flexibility index (Phi) is 15.1. The molecule has 10 nitrogen and oxygen atoms in total. The number of hydrogen-bond acceptors (Lipinski definition) is 9. The third-order valence-electron chi connectivity index (χ3n) is 3.70. The third kappa shape index (κ3) is 9.99. The number of carbonyl (C=O) groups is 4. The van der Waals surface area contributed by atoms with Gasteiger partial charge in [0.2, 0.25) is 23.5 Å². The number of ketones is 1. The first kappa shape index (κ1) is 27.2. The van der Waals surface area contributed by atoms with Gasteiger partial charge in [-0.1, -0.05) is 0 Å². The predicted molar refractivity (Wildman–Crippen MR) is 109 cm³/mol. The molecule has 3 amide bonds. The first-order valence-electron chi connectivity index (χ1n) is 9.14. The Morgan fingerprint density at radius 3 is 2.62 bits per heavy atom. The van der Waals surface area contributed by atoms with E-state index in [0.717, 1.165) is 4.90 Å². The molecule has 11 heteroatoms. The minimum Gasteiger partial charge on any atom is -0.396 e. The number of thioether (sulfide) groups is 1. The number of hydrogen-bond donors (Lipinski definition) is 3. The Balaban J connectivity index is 0.00000379. The van der Waals surface area contributed by atoms with Crippen molar-refractivity contribution in [2.45, 2.75) is 31.2 Å². The van der Waals surface area contributed by atoms with Gasteiger partial charge in [0.25, 0.3) is 0 Å². The molecule has 2 atom stereocenters. The Morgan fingerprint density at radius 2 is 2.07 bits per heavy atom. The van der Waals surface area contributed by atoms with Gasteiger partial charge < -0.3 is 19.9 Å². The molecule has 1 saturated heterocycles. The number of aliphatic hydroxyl groups excluding tert-OH is 1. The molecule has 0 spiro atoms. The zero-order chi connectivity index (χ0) is 22.2. The van der Waals surface area contributed by atoms with E-state index in [1.165, 1.54) is 11.8 Å². The lowest BCUT2D eigenvalue weighted by Gasteiger charge is -2.21. The van der Waals surface area contributed by atoms with E-state index < -0.39 is 41.5 Å². The fraction of sp³-hybridized carbons (Fsp3) is 0.667. The Bertz CT molecular complexity index is 548. The molecule has 0 aromatic carbocycles. The van der Waals surface area contributed by atoms with Crippen LogP contribution in [0.4, 0.5) is 0 Å². The molecule has 29 heavy (non-hydrogen) atoms. The van der Waals surface area contributed by atoms with Crippen molar-refractivity contribution in [3.8, 4) is 0 Å². The lowest BCUT2D eigenvalue weighted by atomic mass is 10.3. The van der Waals surface area contributed by atoms with Crippen LogP contribution in [0.1, 0.15) is 19.8 Å². The van der Waals surface area contributed by atoms with Crippen molar-refractivity contribution in [2.24, 2.45) is 0 Å². The predicted octanol–water partition coefficient (Wildman–Crippen LogP) is -0.727. The van der Waals surface area contributed by atoms with Gasteiger partial charge in [0.05, 0.1) is 31.7 Å². The molecule has 2 unspecified atom stereocenters. The van der Waals surface area contributed by atoms with Crippen LogP contribution >= 0.6 is 11.8 Å². The second-order valence-corrected chi connectivity index (χ2v) is 6.68. The summed E-state index contributed by atoms with van der Waals surface area (Å²) in [6.45, 7) is 8.36. The topological polar surface area (TPSA) is 134 Å². The molecule has 0 aromatic heterocycles. The second-order valence-electron chi connectivity index (χ2n) is 5.64. The highest BCUT2D eigenvalue weighted by molar-refractivity contribution is 8.00. The number of nitrogens with one attached hydrogen (secondary N) is 2. The molecule has 0 bridgehead atoms. The van der Waals surface area contributed by atoms with Gasteiger partial charge in [0.15, 0.2) is 6.23 Å². The number of imide groups is 1. The summed E-state index contributed by atoms with van der Waals surface area (Å²) < 4.78 is 10.5. The molecule has 1 aliphatic rings. The number of Topliss-reactive ketones (excluding diaryl/α,β-unsaturated/α-hetero) is 1. The van der Waals surface area contributed by atoms with E-state index >= 15 is 0 Å². The van der Waals surface area contributed by atoms with Gasteiger partial charge in [-0.15, -0.1) is 13.2 Å². The van der Waals surface area contributed by atoms with Gasteiger partial charge in [-0.2, -0.15) is 11.8 Å². The normalized spacial score (nSPS) is 16.9. The summed E-state index contributed by atoms with van der Waals surface area (Å²) in [5, 5.41) is 13.6. The highest BCUT2D eigenvalue weighted by Crippen LogP contribution is 2.22. The monoisotopic (exact) mass is 433 g/mol. The van der Waals surface area contributed by atoms with Crippen molar-refractivity contribution >= 4 is 35.3 Å². The number of rotatable bonds is 14. The van der Waals surface area contributed by atoms with Gasteiger partial charge in [-0.25, -0.2) is 0 Å². The molecular weight excluding hydrogens is 402 g/mol. The van der Waals surface area contributed by atoms with Crippen LogP contribution in [0.3, 0.4) is 0 Å². The van der Waals surface area contributed by atoms with Gasteiger partial charge in [0, 0.05) is 26.0 Å². The number of nitrogens with zero attached hydrogens (tertiary/aromatic N) is 1. The van der Waals surface area contributed by atoms with Gasteiger partial charge in [-0.05, 0) is 13.2 Å². The van der Waals surface area contributed by atoms with Crippen LogP contribution in [0, 0.1) is 0 Å². The highest BCUT2D eigenvalue weighted by Gasteiger charge is 2.40. The number of amides is 3. The van der Waals surface area contributed by atoms with Crippen LogP contribution < -0.4 is 10.6 Å². The highest BCUT2D eigenvalue weighted by atomic mass is 32.2. The van der Waals surface area contributed by atoms with Gasteiger partial charge in [-0.3, -0.25) is 29.4 Å². The van der Waals surface area contributed by atoms with Crippen LogP contribution in [0.15, 0.2) is 13.2 Å². The molecular formula is C18H31N3O7S. The molecule has 0 aliphatic carbocycles. The van der Waals surface area contributed by atoms with Crippen molar-refractivity contribution < 1.29 is 33.8 Å². The molecule has 1 aliphatic heterocycles. The minimum absolute atomic E-state index is 0.0526. The van der Waals surface area contributed by atoms with Crippen LogP contribution in [0.5, 0.6) is 0 Å². The summed E-state index contributed by atoms with van der Waals surface area (Å²) in [5.41, 5.74) is 0. The van der Waals surface area contributed by atoms with E-state index in [1.807, 2.05) is 6.92 Å². The molecule has 166 valence electrons. The van der Waals surface area contributed by atoms with E-state index in [9.17, 15) is 19.2 Å². The summed E-state index contributed by atoms with van der Waals surface area (Å²) in [7, 11) is 0. The maximum atomic E-state index is 12.5. The van der Waals surface area contributed by atoms with Crippen LogP contribution in [0.2, 0.25) is 0 Å². The summed E-state index contributed by atoms with van der Waals surface area (Å²) in [4.78, 5) is 49.2. The maximum absolute atomic E-state index is 12.5. The third-order valence-corrected chi connectivity index (χ3v) is 4.63. The number of aliphatic hydroxyl groups is 1. The van der Waals surface area contributed by atoms with Crippen LogP contribution in [-0.2, 0) is 28.7 Å². The first-order valence-corrected chi connectivity index (χ1v) is 10.4. The van der Waals surface area contributed by atoms with E-state index in [4.69, 9.17) is 14.6 Å². The molecule has 1 heterocycles. The zero-order valence-electron chi connectivity index (χ0n) is 17.0. The lowest BCUT2D eigenvalue weighted by Crippen LogP contribution is -2.49. The Morgan fingerprint density at radius 1 is 1.38 bits per heavy atom. The maximum Gasteiger partial charge on any atom is 0.243 e. The lowest BCUT2D eigenvalue weighted by molar-refractivity contribution is -0.147. The largest absolute Gasteiger partial charge is 0.396 e. The zero-order valence-corrected chi connectivity index (χ0v) is 17.8. The first-order chi connectivity index (χ1) is 13.9. The van der Waals surface area contributed by atoms with Crippen molar-refractivity contribution in [3.05, 3.63) is 13.2 Å². The second kappa shape index (κ2) is 16.1. The summed E-state index contributed by atoms with van der Waals surface area (Å²) in [6.07, 6.45) is 0.271. The molecule has 1 rings (SSSR count).